The van der Waals surface area contributed by atoms with Gasteiger partial charge in [-0.2, -0.15) is 5.10 Å². The maximum absolute atomic E-state index is 12.6. The summed E-state index contributed by atoms with van der Waals surface area (Å²) in [4.78, 5) is 14.4. The average molecular weight is 323 g/mol. The summed E-state index contributed by atoms with van der Waals surface area (Å²) in [6.45, 7) is 0.631. The molecule has 1 heterocycles. The van der Waals surface area contributed by atoms with Crippen molar-refractivity contribution in [2.45, 2.75) is 38.6 Å². The maximum Gasteiger partial charge on any atom is 0.222 e. The topological polar surface area (TPSA) is 38.1 Å². The van der Waals surface area contributed by atoms with Crippen LogP contribution in [0.4, 0.5) is 0 Å². The van der Waals surface area contributed by atoms with E-state index in [1.807, 2.05) is 59.4 Å². The molecule has 0 N–H and O–H groups in total. The van der Waals surface area contributed by atoms with Gasteiger partial charge in [-0.15, -0.1) is 0 Å². The number of carbonyl (C=O) groups excluding carboxylic acids is 1. The van der Waals surface area contributed by atoms with Crippen molar-refractivity contribution in [3.05, 3.63) is 48.3 Å². The lowest BCUT2D eigenvalue weighted by atomic mass is 9.86. The van der Waals surface area contributed by atoms with Crippen LogP contribution in [0.2, 0.25) is 0 Å². The molecule has 4 rings (SSSR count). The summed E-state index contributed by atoms with van der Waals surface area (Å²) in [6.07, 6.45) is 9.97. The molecule has 1 aromatic heterocycles. The first-order valence-electron chi connectivity index (χ1n) is 9.02. The Kier molecular flexibility index (Phi) is 4.13. The van der Waals surface area contributed by atoms with Crippen LogP contribution in [0.5, 0.6) is 0 Å². The fraction of sp³-hybridized carbons (Fsp3) is 0.500. The summed E-state index contributed by atoms with van der Waals surface area (Å²) in [5.74, 6) is 2.63. The normalized spacial score (nSPS) is 25.1. The van der Waals surface area contributed by atoms with Crippen LogP contribution in [0.15, 0.2) is 42.7 Å². The molecule has 0 aliphatic heterocycles. The van der Waals surface area contributed by atoms with Gasteiger partial charge in [0.25, 0.3) is 0 Å². The molecular weight excluding hydrogens is 298 g/mol. The van der Waals surface area contributed by atoms with E-state index in [0.29, 0.717) is 12.5 Å². The predicted molar refractivity (Wildman–Crippen MR) is 93.6 cm³/mol. The Balaban J connectivity index is 1.35. The zero-order valence-corrected chi connectivity index (χ0v) is 14.3. The van der Waals surface area contributed by atoms with E-state index < -0.39 is 0 Å². The van der Waals surface area contributed by atoms with Gasteiger partial charge in [-0.25, -0.2) is 4.68 Å². The van der Waals surface area contributed by atoms with Crippen LogP contribution in [0, 0.1) is 17.8 Å². The summed E-state index contributed by atoms with van der Waals surface area (Å²) < 4.78 is 1.86. The summed E-state index contributed by atoms with van der Waals surface area (Å²) in [5, 5.41) is 4.41. The zero-order valence-electron chi connectivity index (χ0n) is 14.3. The standard InChI is InChI=1S/C20H25N3O/c1-22(20(24)11-18-10-15-7-8-17(18)9-15)13-16-12-21-23(14-16)19-5-3-2-4-6-19/h2-6,12,14-15,17-18H,7-11,13H2,1H3/t15-,17+,18-/m0/s1. The van der Waals surface area contributed by atoms with Crippen LogP contribution in [-0.2, 0) is 11.3 Å². The smallest absolute Gasteiger partial charge is 0.222 e. The molecule has 24 heavy (non-hydrogen) atoms. The van der Waals surface area contributed by atoms with Gasteiger partial charge in [-0.1, -0.05) is 24.6 Å². The Hall–Kier alpha value is -2.10. The minimum Gasteiger partial charge on any atom is -0.341 e. The summed E-state index contributed by atoms with van der Waals surface area (Å²) in [6, 6.07) is 10.1. The number of fused-ring (bicyclic) bond motifs is 2. The van der Waals surface area contributed by atoms with Crippen LogP contribution in [0.1, 0.15) is 37.7 Å². The van der Waals surface area contributed by atoms with E-state index in [2.05, 4.69) is 5.10 Å². The first kappa shape index (κ1) is 15.4. The number of nitrogens with zero attached hydrogens (tertiary/aromatic N) is 3. The Bertz CT molecular complexity index is 709. The summed E-state index contributed by atoms with van der Waals surface area (Å²) in [7, 11) is 1.91. The van der Waals surface area contributed by atoms with Gasteiger partial charge in [0, 0.05) is 31.8 Å². The van der Waals surface area contributed by atoms with Crippen molar-refractivity contribution in [3.63, 3.8) is 0 Å². The highest BCUT2D eigenvalue weighted by atomic mass is 16.2. The molecule has 4 heteroatoms. The van der Waals surface area contributed by atoms with Crippen LogP contribution in [0.3, 0.4) is 0 Å². The Labute approximate surface area is 143 Å². The van der Waals surface area contributed by atoms with Crippen LogP contribution in [-0.4, -0.2) is 27.6 Å². The highest BCUT2D eigenvalue weighted by Crippen LogP contribution is 2.49. The summed E-state index contributed by atoms with van der Waals surface area (Å²) in [5.41, 5.74) is 2.11. The molecule has 0 unspecified atom stereocenters. The number of rotatable bonds is 5. The van der Waals surface area contributed by atoms with Crippen LogP contribution < -0.4 is 0 Å². The quantitative estimate of drug-likeness (QED) is 0.842. The second-order valence-corrected chi connectivity index (χ2v) is 7.52. The number of hydrogen-bond donors (Lipinski definition) is 0. The maximum atomic E-state index is 12.6. The summed E-state index contributed by atoms with van der Waals surface area (Å²) >= 11 is 0. The van der Waals surface area contributed by atoms with E-state index >= 15 is 0 Å². The van der Waals surface area contributed by atoms with E-state index in [9.17, 15) is 4.79 Å². The monoisotopic (exact) mass is 323 g/mol. The molecular formula is C20H25N3O. The molecule has 2 saturated carbocycles. The molecule has 0 saturated heterocycles. The molecule has 0 radical (unpaired) electrons. The van der Waals surface area contributed by atoms with E-state index in [1.165, 1.54) is 25.7 Å². The average Bonchev–Trinajstić information content (AvgIpc) is 3.32. The number of benzene rings is 1. The largest absolute Gasteiger partial charge is 0.341 e. The van der Waals surface area contributed by atoms with Crippen LogP contribution in [0.25, 0.3) is 5.69 Å². The third-order valence-corrected chi connectivity index (χ3v) is 5.82. The molecule has 3 atom stereocenters. The predicted octanol–water partition coefficient (Wildman–Crippen LogP) is 3.66. The Morgan fingerprint density at radius 3 is 2.79 bits per heavy atom. The lowest BCUT2D eigenvalue weighted by Crippen LogP contribution is -2.29. The molecule has 0 spiro atoms. The van der Waals surface area contributed by atoms with Crippen molar-refractivity contribution in [2.75, 3.05) is 7.05 Å². The van der Waals surface area contributed by atoms with Crippen LogP contribution >= 0.6 is 0 Å². The van der Waals surface area contributed by atoms with Gasteiger partial charge in [0.1, 0.15) is 0 Å². The third kappa shape index (κ3) is 3.10. The SMILES string of the molecule is CN(Cc1cnn(-c2ccccc2)c1)C(=O)C[C@@H]1C[C@H]2CC[C@@H]1C2. The minimum atomic E-state index is 0.278. The number of aromatic nitrogens is 2. The Morgan fingerprint density at radius 2 is 2.08 bits per heavy atom. The highest BCUT2D eigenvalue weighted by Gasteiger charge is 2.40. The van der Waals surface area contributed by atoms with E-state index in [0.717, 1.165) is 29.5 Å². The molecule has 2 aromatic rings. The second kappa shape index (κ2) is 6.42. The van der Waals surface area contributed by atoms with Gasteiger partial charge in [0.15, 0.2) is 0 Å². The van der Waals surface area contributed by atoms with Gasteiger partial charge in [0.05, 0.1) is 11.9 Å². The minimum absolute atomic E-state index is 0.278. The first-order valence-corrected chi connectivity index (χ1v) is 9.02. The molecule has 2 bridgehead atoms. The van der Waals surface area contributed by atoms with Crippen molar-refractivity contribution in [3.8, 4) is 5.69 Å². The van der Waals surface area contributed by atoms with Gasteiger partial charge in [-0.3, -0.25) is 4.79 Å². The lowest BCUT2D eigenvalue weighted by molar-refractivity contribution is -0.131. The van der Waals surface area contributed by atoms with Crippen molar-refractivity contribution in [1.29, 1.82) is 0 Å². The van der Waals surface area contributed by atoms with Crippen molar-refractivity contribution >= 4 is 5.91 Å². The molecule has 1 aromatic carbocycles. The molecule has 126 valence electrons. The fourth-order valence-corrected chi connectivity index (χ4v) is 4.53. The second-order valence-electron chi connectivity index (χ2n) is 7.52. The fourth-order valence-electron chi connectivity index (χ4n) is 4.53. The number of hydrogen-bond acceptors (Lipinski definition) is 2. The molecule has 2 fully saturated rings. The third-order valence-electron chi connectivity index (χ3n) is 5.82. The number of amides is 1. The molecule has 4 nitrogen and oxygen atoms in total. The number of para-hydroxylation sites is 1. The zero-order chi connectivity index (χ0) is 16.5. The highest BCUT2D eigenvalue weighted by molar-refractivity contribution is 5.76. The van der Waals surface area contributed by atoms with E-state index in [-0.39, 0.29) is 5.91 Å². The number of carbonyl (C=O) groups is 1. The molecule has 2 aliphatic carbocycles. The van der Waals surface area contributed by atoms with Crippen molar-refractivity contribution in [1.82, 2.24) is 14.7 Å². The van der Waals surface area contributed by atoms with Crippen molar-refractivity contribution < 1.29 is 4.79 Å². The molecule has 1 amide bonds. The van der Waals surface area contributed by atoms with Gasteiger partial charge in [0.2, 0.25) is 5.91 Å². The van der Waals surface area contributed by atoms with Gasteiger partial charge >= 0.3 is 0 Å². The van der Waals surface area contributed by atoms with Gasteiger partial charge < -0.3 is 4.90 Å². The molecule has 2 aliphatic rings. The first-order chi connectivity index (χ1) is 11.7. The van der Waals surface area contributed by atoms with E-state index in [4.69, 9.17) is 0 Å². The Morgan fingerprint density at radius 1 is 1.25 bits per heavy atom. The van der Waals surface area contributed by atoms with Crippen molar-refractivity contribution in [2.24, 2.45) is 17.8 Å². The van der Waals surface area contributed by atoms with Gasteiger partial charge in [-0.05, 0) is 49.1 Å². The van der Waals surface area contributed by atoms with E-state index in [1.54, 1.807) is 0 Å². The lowest BCUT2D eigenvalue weighted by Gasteiger charge is -2.24.